The molecule has 0 unspecified atom stereocenters. The molecule has 0 saturated carbocycles. The number of nitrogens with one attached hydrogen (secondary N) is 1. The Morgan fingerprint density at radius 3 is 2.77 bits per heavy atom. The molecule has 70 valence electrons. The van der Waals surface area contributed by atoms with Crippen molar-refractivity contribution in [2.45, 2.75) is 6.92 Å². The first-order valence-corrected chi connectivity index (χ1v) is 4.24. The smallest absolute Gasteiger partial charge is 0.265 e. The Hall–Kier alpha value is -1.50. The van der Waals surface area contributed by atoms with E-state index in [1.807, 2.05) is 0 Å². The number of amides is 2. The first-order chi connectivity index (χ1) is 6.11. The molecule has 0 saturated heterocycles. The van der Waals surface area contributed by atoms with Gasteiger partial charge in [0, 0.05) is 0 Å². The number of nitrogens with zero attached hydrogens (tertiary/aromatic N) is 2. The topological polar surface area (TPSA) is 98.0 Å². The van der Waals surface area contributed by atoms with E-state index in [9.17, 15) is 9.59 Å². The van der Waals surface area contributed by atoms with E-state index in [2.05, 4.69) is 14.9 Å². The van der Waals surface area contributed by atoms with E-state index in [1.165, 1.54) is 0 Å². The van der Waals surface area contributed by atoms with Crippen LogP contribution in [-0.4, -0.2) is 27.9 Å². The summed E-state index contributed by atoms with van der Waals surface area (Å²) in [5.41, 5.74) is 5.40. The van der Waals surface area contributed by atoms with Crippen LogP contribution in [0, 0.1) is 6.92 Å². The molecule has 0 aliphatic rings. The van der Waals surface area contributed by atoms with Gasteiger partial charge in [-0.05, 0) is 18.5 Å². The fraction of sp³-hybridized carbons (Fsp3) is 0.333. The third kappa shape index (κ3) is 2.48. The first-order valence-electron chi connectivity index (χ1n) is 3.46. The molecule has 0 radical (unpaired) electrons. The predicted molar refractivity (Wildman–Crippen MR) is 46.2 cm³/mol. The van der Waals surface area contributed by atoms with Crippen molar-refractivity contribution in [3.63, 3.8) is 0 Å². The quantitative estimate of drug-likeness (QED) is 0.658. The number of hydrogen-bond acceptors (Lipinski definition) is 5. The van der Waals surface area contributed by atoms with Gasteiger partial charge in [0.1, 0.15) is 4.88 Å². The number of aromatic nitrogens is 2. The minimum absolute atomic E-state index is 0.170. The molecule has 0 aromatic carbocycles. The summed E-state index contributed by atoms with van der Waals surface area (Å²) in [5.74, 6) is -0.949. The Morgan fingerprint density at radius 2 is 2.31 bits per heavy atom. The fourth-order valence-corrected chi connectivity index (χ4v) is 1.26. The van der Waals surface area contributed by atoms with Gasteiger partial charge >= 0.3 is 0 Å². The highest BCUT2D eigenvalue weighted by Gasteiger charge is 2.12. The van der Waals surface area contributed by atoms with Gasteiger partial charge in [0.25, 0.3) is 5.91 Å². The lowest BCUT2D eigenvalue weighted by Crippen LogP contribution is -2.33. The molecular weight excluding hydrogens is 192 g/mol. The van der Waals surface area contributed by atoms with Crippen LogP contribution in [0.1, 0.15) is 15.4 Å². The average molecular weight is 200 g/mol. The molecular formula is C6H8N4O2S. The third-order valence-corrected chi connectivity index (χ3v) is 2.11. The number of primary amides is 1. The largest absolute Gasteiger partial charge is 0.368 e. The second-order valence-electron chi connectivity index (χ2n) is 2.34. The summed E-state index contributed by atoms with van der Waals surface area (Å²) in [7, 11) is 0. The Balaban J connectivity index is 2.59. The van der Waals surface area contributed by atoms with Gasteiger partial charge in [0.2, 0.25) is 5.91 Å². The molecule has 0 bridgehead atoms. The predicted octanol–water partition coefficient (Wildman–Crippen LogP) is -0.938. The maximum absolute atomic E-state index is 11.2. The van der Waals surface area contributed by atoms with Crippen LogP contribution in [0.5, 0.6) is 0 Å². The van der Waals surface area contributed by atoms with Crippen LogP contribution in [0.25, 0.3) is 0 Å². The normalized spacial score (nSPS) is 9.62. The third-order valence-electron chi connectivity index (χ3n) is 1.28. The molecule has 0 spiro atoms. The maximum Gasteiger partial charge on any atom is 0.265 e. The maximum atomic E-state index is 11.2. The summed E-state index contributed by atoms with van der Waals surface area (Å²) in [6.45, 7) is 1.50. The van der Waals surface area contributed by atoms with Gasteiger partial charge in [-0.25, -0.2) is 0 Å². The second-order valence-corrected chi connectivity index (χ2v) is 3.09. The summed E-state index contributed by atoms with van der Waals surface area (Å²) >= 11 is 0.984. The molecule has 0 aliphatic heterocycles. The van der Waals surface area contributed by atoms with Crippen molar-refractivity contribution in [2.75, 3.05) is 6.54 Å². The van der Waals surface area contributed by atoms with Crippen LogP contribution < -0.4 is 11.1 Å². The van der Waals surface area contributed by atoms with Crippen LogP contribution in [0.4, 0.5) is 0 Å². The Kier molecular flexibility index (Phi) is 2.91. The van der Waals surface area contributed by atoms with Crippen LogP contribution in [0.2, 0.25) is 0 Å². The lowest BCUT2D eigenvalue weighted by molar-refractivity contribution is -0.117. The van der Waals surface area contributed by atoms with E-state index in [0.29, 0.717) is 10.6 Å². The van der Waals surface area contributed by atoms with E-state index in [4.69, 9.17) is 5.73 Å². The molecule has 7 heteroatoms. The summed E-state index contributed by atoms with van der Waals surface area (Å²) in [6, 6.07) is 0. The molecule has 1 rings (SSSR count). The summed E-state index contributed by atoms with van der Waals surface area (Å²) < 4.78 is 3.58. The highest BCUT2D eigenvalue weighted by Crippen LogP contribution is 2.07. The van der Waals surface area contributed by atoms with Crippen LogP contribution in [0.15, 0.2) is 0 Å². The molecule has 2 amide bonds. The Labute approximate surface area is 78.3 Å². The summed E-state index contributed by atoms with van der Waals surface area (Å²) in [5, 5.41) is 6.00. The van der Waals surface area contributed by atoms with Crippen molar-refractivity contribution < 1.29 is 9.59 Å². The summed E-state index contributed by atoms with van der Waals surface area (Å²) in [6.07, 6.45) is 0. The number of nitrogens with two attached hydrogens (primary N) is 1. The molecule has 0 atom stereocenters. The molecule has 0 fully saturated rings. The number of carbonyl (C=O) groups excluding carboxylic acids is 2. The zero-order chi connectivity index (χ0) is 9.84. The minimum Gasteiger partial charge on any atom is -0.368 e. The van der Waals surface area contributed by atoms with Crippen molar-refractivity contribution in [3.8, 4) is 0 Å². The first kappa shape index (κ1) is 9.59. The Morgan fingerprint density at radius 1 is 1.62 bits per heavy atom. The molecule has 1 heterocycles. The van der Waals surface area contributed by atoms with Gasteiger partial charge in [-0.3, -0.25) is 9.59 Å². The Bertz CT molecular complexity index is 335. The van der Waals surface area contributed by atoms with Crippen molar-refractivity contribution in [1.29, 1.82) is 0 Å². The standard InChI is InChI=1S/C6H8N4O2S/c1-3-5(13-10-9-3)6(12)8-2-4(7)11/h2H2,1H3,(H2,7,11)(H,8,12). The second kappa shape index (κ2) is 3.94. The number of carbonyl (C=O) groups is 2. The fourth-order valence-electron chi connectivity index (χ4n) is 0.687. The van der Waals surface area contributed by atoms with Gasteiger partial charge < -0.3 is 11.1 Å². The van der Waals surface area contributed by atoms with E-state index in [-0.39, 0.29) is 12.5 Å². The van der Waals surface area contributed by atoms with Crippen LogP contribution in [0.3, 0.4) is 0 Å². The zero-order valence-electron chi connectivity index (χ0n) is 6.90. The van der Waals surface area contributed by atoms with Gasteiger partial charge in [-0.1, -0.05) is 4.49 Å². The van der Waals surface area contributed by atoms with Crippen LogP contribution >= 0.6 is 11.5 Å². The van der Waals surface area contributed by atoms with E-state index >= 15 is 0 Å². The molecule has 6 nitrogen and oxygen atoms in total. The number of rotatable bonds is 3. The molecule has 3 N–H and O–H groups in total. The molecule has 0 aliphatic carbocycles. The van der Waals surface area contributed by atoms with Gasteiger partial charge in [0.15, 0.2) is 0 Å². The molecule has 1 aromatic rings. The molecule has 13 heavy (non-hydrogen) atoms. The zero-order valence-corrected chi connectivity index (χ0v) is 7.72. The number of aryl methyl sites for hydroxylation is 1. The van der Waals surface area contributed by atoms with Gasteiger partial charge in [0.05, 0.1) is 12.2 Å². The van der Waals surface area contributed by atoms with Gasteiger partial charge in [-0.15, -0.1) is 5.10 Å². The monoisotopic (exact) mass is 200 g/mol. The highest BCUT2D eigenvalue weighted by molar-refractivity contribution is 7.08. The van der Waals surface area contributed by atoms with Crippen molar-refractivity contribution in [3.05, 3.63) is 10.6 Å². The number of hydrogen-bond donors (Lipinski definition) is 2. The lowest BCUT2D eigenvalue weighted by Gasteiger charge is -1.98. The lowest BCUT2D eigenvalue weighted by atomic mass is 10.4. The van der Waals surface area contributed by atoms with Crippen LogP contribution in [-0.2, 0) is 4.79 Å². The SMILES string of the molecule is Cc1nnsc1C(=O)NCC(N)=O. The van der Waals surface area contributed by atoms with Crippen molar-refractivity contribution in [2.24, 2.45) is 5.73 Å². The average Bonchev–Trinajstić information content (AvgIpc) is 2.47. The van der Waals surface area contributed by atoms with Gasteiger partial charge in [-0.2, -0.15) is 0 Å². The van der Waals surface area contributed by atoms with E-state index < -0.39 is 5.91 Å². The van der Waals surface area contributed by atoms with E-state index in [0.717, 1.165) is 11.5 Å². The van der Waals surface area contributed by atoms with Crippen molar-refractivity contribution in [1.82, 2.24) is 14.9 Å². The van der Waals surface area contributed by atoms with Crippen molar-refractivity contribution >= 4 is 23.3 Å². The molecule has 1 aromatic heterocycles. The summed E-state index contributed by atoms with van der Waals surface area (Å²) in [4.78, 5) is 22.0. The van der Waals surface area contributed by atoms with E-state index in [1.54, 1.807) is 6.92 Å². The minimum atomic E-state index is -0.580. The highest BCUT2D eigenvalue weighted by atomic mass is 32.1.